The van der Waals surface area contributed by atoms with Crippen molar-refractivity contribution < 1.29 is 56.9 Å². The first kappa shape index (κ1) is 33.3. The predicted molar refractivity (Wildman–Crippen MR) is 146 cm³/mol. The molecule has 3 rings (SSSR count). The van der Waals surface area contributed by atoms with Gasteiger partial charge in [0.2, 0.25) is 0 Å². The van der Waals surface area contributed by atoms with Gasteiger partial charge in [-0.2, -0.15) is 0 Å². The Kier molecular flexibility index (Phi) is 12.5. The zero-order valence-electron chi connectivity index (χ0n) is 23.3. The van der Waals surface area contributed by atoms with Gasteiger partial charge in [0.05, 0.1) is 91.2 Å². The summed E-state index contributed by atoms with van der Waals surface area (Å²) in [5.41, 5.74) is 4.87. The zero-order chi connectivity index (χ0) is 25.8. The zero-order valence-corrected chi connectivity index (χ0v) is 27.6. The molecule has 3 aromatic rings. The number of pyridine rings is 3. The number of aromatic amines is 1. The molecule has 0 amide bonds. The van der Waals surface area contributed by atoms with Crippen LogP contribution < -0.4 is 63.2 Å². The minimum atomic E-state index is -0.0788. The lowest BCUT2D eigenvalue weighted by atomic mass is 10.1. The molecule has 0 aromatic carbocycles. The number of halogens is 2. The Bertz CT molecular complexity index is 1110. The van der Waals surface area contributed by atoms with Crippen molar-refractivity contribution in [2.45, 2.75) is 0 Å². The van der Waals surface area contributed by atoms with Crippen molar-refractivity contribution in [1.82, 2.24) is 15.0 Å². The number of nitrogens with one attached hydrogen (secondary N) is 1. The summed E-state index contributed by atoms with van der Waals surface area (Å²) in [4.78, 5) is 29.5. The first-order valence-corrected chi connectivity index (χ1v) is 12.0. The van der Waals surface area contributed by atoms with Gasteiger partial charge < -0.3 is 71.7 Å². The molecule has 1 N–H and O–H groups in total. The highest BCUT2D eigenvalue weighted by atomic mass is 127. The molecular formula is C27H41I2N7O. The standard InChI is InChI=1S/C27H40N7O.2HI/c1-31(13-15-33(3,4)5)21-9-11-28-24(17-21)26-19-23(35)20-27(30-26)25-18-22(10-12-29-25)32(2)14-16-34(6,7)8;;/h9-12,17-20H,13-16H2,1-8H3;2*1H/q+1;;/p-1. The molecular weight excluding hydrogens is 692 g/mol. The molecule has 0 aliphatic carbocycles. The van der Waals surface area contributed by atoms with Gasteiger partial charge in [-0.25, -0.2) is 0 Å². The fourth-order valence-corrected chi connectivity index (χ4v) is 3.59. The first-order chi connectivity index (χ1) is 16.3. The van der Waals surface area contributed by atoms with Crippen molar-refractivity contribution in [3.05, 3.63) is 59.0 Å². The fourth-order valence-electron chi connectivity index (χ4n) is 3.59. The van der Waals surface area contributed by atoms with Crippen molar-refractivity contribution in [1.29, 1.82) is 0 Å². The van der Waals surface area contributed by atoms with Gasteiger partial charge in [0, 0.05) is 50.0 Å². The van der Waals surface area contributed by atoms with E-state index in [1.54, 1.807) is 24.5 Å². The van der Waals surface area contributed by atoms with Crippen molar-refractivity contribution in [2.75, 3.05) is 92.4 Å². The van der Waals surface area contributed by atoms with Crippen LogP contribution in [0.15, 0.2) is 53.6 Å². The highest BCUT2D eigenvalue weighted by Crippen LogP contribution is 2.24. The Labute approximate surface area is 255 Å². The summed E-state index contributed by atoms with van der Waals surface area (Å²) >= 11 is 0. The van der Waals surface area contributed by atoms with Crippen LogP contribution in [0.1, 0.15) is 0 Å². The SMILES string of the molecule is CN(CC[N+](C)(C)C)c1ccnc(-c2cc(=O)cc(-c3cc(N(C)CC[N+](C)(C)C)ccn3)[nH]2)c1.[I-].[I-]. The molecule has 0 spiro atoms. The third-order valence-corrected chi connectivity index (χ3v) is 5.98. The van der Waals surface area contributed by atoms with Crippen LogP contribution in [0.3, 0.4) is 0 Å². The average Bonchev–Trinajstić information content (AvgIpc) is 2.80. The van der Waals surface area contributed by atoms with Gasteiger partial charge in [-0.15, -0.1) is 0 Å². The monoisotopic (exact) mass is 733 g/mol. The van der Waals surface area contributed by atoms with Crippen LogP contribution >= 0.6 is 0 Å². The molecule has 3 heterocycles. The number of H-pyrrole nitrogens is 1. The van der Waals surface area contributed by atoms with Crippen LogP contribution in [0.25, 0.3) is 22.8 Å². The van der Waals surface area contributed by atoms with Crippen molar-refractivity contribution >= 4 is 11.4 Å². The third kappa shape index (κ3) is 10.5. The van der Waals surface area contributed by atoms with Crippen molar-refractivity contribution in [3.63, 3.8) is 0 Å². The molecule has 8 nitrogen and oxygen atoms in total. The van der Waals surface area contributed by atoms with Gasteiger partial charge in [-0.05, 0) is 24.3 Å². The van der Waals surface area contributed by atoms with E-state index in [0.29, 0.717) is 11.4 Å². The number of rotatable bonds is 10. The Morgan fingerprint density at radius 2 is 1.08 bits per heavy atom. The highest BCUT2D eigenvalue weighted by Gasteiger charge is 2.14. The number of hydrogen-bond donors (Lipinski definition) is 1. The number of hydrogen-bond acceptors (Lipinski definition) is 5. The second kappa shape index (κ2) is 13.9. The molecule has 0 bridgehead atoms. The summed E-state index contributed by atoms with van der Waals surface area (Å²) in [5, 5.41) is 0. The van der Waals surface area contributed by atoms with E-state index in [-0.39, 0.29) is 53.4 Å². The molecule has 204 valence electrons. The van der Waals surface area contributed by atoms with E-state index in [2.05, 4.69) is 81.1 Å². The van der Waals surface area contributed by atoms with Crippen LogP contribution in [-0.4, -0.2) is 106 Å². The third-order valence-electron chi connectivity index (χ3n) is 5.98. The summed E-state index contributed by atoms with van der Waals surface area (Å²) in [6, 6.07) is 11.2. The number of aromatic nitrogens is 3. The minimum absolute atomic E-state index is 0. The van der Waals surface area contributed by atoms with Crippen LogP contribution in [0.2, 0.25) is 0 Å². The summed E-state index contributed by atoms with van der Waals surface area (Å²) in [7, 11) is 17.3. The van der Waals surface area contributed by atoms with Gasteiger partial charge in [0.1, 0.15) is 0 Å². The topological polar surface area (TPSA) is 65.1 Å². The summed E-state index contributed by atoms with van der Waals surface area (Å²) < 4.78 is 1.79. The second-order valence-corrected chi connectivity index (χ2v) is 11.3. The van der Waals surface area contributed by atoms with E-state index >= 15 is 0 Å². The summed E-state index contributed by atoms with van der Waals surface area (Å²) in [5.74, 6) is 0. The maximum absolute atomic E-state index is 12.6. The smallest absolute Gasteiger partial charge is 0.182 e. The molecule has 10 heteroatoms. The molecule has 0 atom stereocenters. The number of likely N-dealkylation sites (N-methyl/N-ethyl adjacent to an activating group) is 4. The Balaban J connectivity index is 0.00000342. The van der Waals surface area contributed by atoms with Crippen LogP contribution in [0.5, 0.6) is 0 Å². The maximum Gasteiger partial charge on any atom is 0.182 e. The van der Waals surface area contributed by atoms with Crippen LogP contribution in [0.4, 0.5) is 11.4 Å². The first-order valence-electron chi connectivity index (χ1n) is 12.0. The molecule has 0 saturated carbocycles. The fraction of sp³-hybridized carbons (Fsp3) is 0.444. The van der Waals surface area contributed by atoms with Gasteiger partial charge in [-0.1, -0.05) is 0 Å². The Morgan fingerprint density at radius 3 is 1.43 bits per heavy atom. The van der Waals surface area contributed by atoms with Crippen molar-refractivity contribution in [3.8, 4) is 22.8 Å². The summed E-state index contributed by atoms with van der Waals surface area (Å²) in [6.07, 6.45) is 3.58. The molecule has 0 aliphatic rings. The number of quaternary nitrogens is 2. The van der Waals surface area contributed by atoms with E-state index in [9.17, 15) is 4.79 Å². The molecule has 0 unspecified atom stereocenters. The van der Waals surface area contributed by atoms with E-state index in [0.717, 1.165) is 57.9 Å². The van der Waals surface area contributed by atoms with E-state index in [1.165, 1.54) is 0 Å². The van der Waals surface area contributed by atoms with Crippen LogP contribution in [0, 0.1) is 0 Å². The molecule has 0 saturated heterocycles. The number of anilines is 2. The molecule has 0 fully saturated rings. The van der Waals surface area contributed by atoms with E-state index in [1.807, 2.05) is 24.3 Å². The summed E-state index contributed by atoms with van der Waals surface area (Å²) in [6.45, 7) is 3.88. The van der Waals surface area contributed by atoms with E-state index in [4.69, 9.17) is 0 Å². The van der Waals surface area contributed by atoms with Gasteiger partial charge >= 0.3 is 0 Å². The molecule has 0 radical (unpaired) electrons. The lowest BCUT2D eigenvalue weighted by Crippen LogP contribution is -3.00. The van der Waals surface area contributed by atoms with E-state index < -0.39 is 0 Å². The molecule has 37 heavy (non-hydrogen) atoms. The van der Waals surface area contributed by atoms with Gasteiger partial charge in [0.25, 0.3) is 0 Å². The predicted octanol–water partition coefficient (Wildman–Crippen LogP) is -3.21. The minimum Gasteiger partial charge on any atom is -1.00 e. The lowest BCUT2D eigenvalue weighted by molar-refractivity contribution is -0.868. The molecule has 0 aliphatic heterocycles. The molecule has 3 aromatic heterocycles. The van der Waals surface area contributed by atoms with Gasteiger partial charge in [-0.3, -0.25) is 14.8 Å². The Morgan fingerprint density at radius 1 is 0.703 bits per heavy atom. The second-order valence-electron chi connectivity index (χ2n) is 11.3. The largest absolute Gasteiger partial charge is 1.00 e. The van der Waals surface area contributed by atoms with Crippen molar-refractivity contribution in [2.24, 2.45) is 0 Å². The maximum atomic E-state index is 12.6. The van der Waals surface area contributed by atoms with Gasteiger partial charge in [0.15, 0.2) is 5.43 Å². The normalized spacial score (nSPS) is 11.4. The lowest BCUT2D eigenvalue weighted by Gasteiger charge is -2.28. The Hall–Kier alpha value is -1.77. The quantitative estimate of drug-likeness (QED) is 0.176. The average molecular weight is 733 g/mol. The number of nitrogens with zero attached hydrogens (tertiary/aromatic N) is 6. The van der Waals surface area contributed by atoms with Crippen LogP contribution in [-0.2, 0) is 0 Å². The highest BCUT2D eigenvalue weighted by molar-refractivity contribution is 5.66.